The highest BCUT2D eigenvalue weighted by Gasteiger charge is 2.22. The third-order valence-electron chi connectivity index (χ3n) is 3.93. The molecule has 2 amide bonds. The van der Waals surface area contributed by atoms with Crippen molar-refractivity contribution in [2.75, 3.05) is 32.1 Å². The van der Waals surface area contributed by atoms with Gasteiger partial charge in [-0.2, -0.15) is 0 Å². The highest BCUT2D eigenvalue weighted by molar-refractivity contribution is 5.99. The highest BCUT2D eigenvalue weighted by Crippen LogP contribution is 2.22. The molecule has 2 rings (SSSR count). The zero-order valence-corrected chi connectivity index (χ0v) is 13.6. The van der Waals surface area contributed by atoms with Gasteiger partial charge >= 0.3 is 5.97 Å². The predicted molar refractivity (Wildman–Crippen MR) is 86.2 cm³/mol. The molecule has 124 valence electrons. The summed E-state index contributed by atoms with van der Waals surface area (Å²) in [5.41, 5.74) is 1.31. The van der Waals surface area contributed by atoms with E-state index in [9.17, 15) is 14.4 Å². The minimum Gasteiger partial charge on any atom is -0.469 e. The van der Waals surface area contributed by atoms with Gasteiger partial charge in [0.1, 0.15) is 0 Å². The minimum atomic E-state index is -0.277. The molecule has 1 aromatic carbocycles. The van der Waals surface area contributed by atoms with Crippen LogP contribution in [0, 0.1) is 0 Å². The summed E-state index contributed by atoms with van der Waals surface area (Å²) in [6.07, 6.45) is 2.26. The number of esters is 1. The van der Waals surface area contributed by atoms with Crippen LogP contribution in [0.25, 0.3) is 0 Å². The Hall–Kier alpha value is -2.37. The molecular formula is C17H22N2O4. The first-order valence-corrected chi connectivity index (χ1v) is 7.75. The van der Waals surface area contributed by atoms with Gasteiger partial charge in [-0.15, -0.1) is 0 Å². The molecule has 6 heteroatoms. The fourth-order valence-corrected chi connectivity index (χ4v) is 2.61. The van der Waals surface area contributed by atoms with Crippen molar-refractivity contribution in [3.8, 4) is 0 Å². The molecule has 0 aromatic heterocycles. The standard InChI is InChI=1S/C17H22N2O4/c1-18(10-5-9-16(21)23-2)17(22)13-6-3-7-14(12-13)19-11-4-8-15(19)20/h3,6-7,12H,4-5,8-11H2,1-2H3. The van der Waals surface area contributed by atoms with Gasteiger partial charge in [-0.3, -0.25) is 14.4 Å². The topological polar surface area (TPSA) is 66.9 Å². The van der Waals surface area contributed by atoms with Crippen molar-refractivity contribution in [1.29, 1.82) is 0 Å². The second-order valence-electron chi connectivity index (χ2n) is 5.61. The van der Waals surface area contributed by atoms with Crippen molar-refractivity contribution in [2.24, 2.45) is 0 Å². The Balaban J connectivity index is 1.98. The number of methoxy groups -OCH3 is 1. The zero-order chi connectivity index (χ0) is 16.8. The van der Waals surface area contributed by atoms with E-state index in [1.807, 2.05) is 6.07 Å². The number of carbonyl (C=O) groups excluding carboxylic acids is 3. The largest absolute Gasteiger partial charge is 0.469 e. The van der Waals surface area contributed by atoms with E-state index < -0.39 is 0 Å². The lowest BCUT2D eigenvalue weighted by atomic mass is 10.1. The number of anilines is 1. The summed E-state index contributed by atoms with van der Waals surface area (Å²) < 4.78 is 4.58. The molecule has 23 heavy (non-hydrogen) atoms. The Bertz CT molecular complexity index is 600. The van der Waals surface area contributed by atoms with Gasteiger partial charge in [0.25, 0.3) is 5.91 Å². The molecule has 0 N–H and O–H groups in total. The van der Waals surface area contributed by atoms with Crippen LogP contribution in [-0.4, -0.2) is 49.9 Å². The first-order valence-electron chi connectivity index (χ1n) is 7.75. The summed E-state index contributed by atoms with van der Waals surface area (Å²) in [4.78, 5) is 38.6. The second kappa shape index (κ2) is 7.76. The number of amides is 2. The van der Waals surface area contributed by atoms with Crippen LogP contribution in [0.2, 0.25) is 0 Å². The van der Waals surface area contributed by atoms with E-state index in [4.69, 9.17) is 0 Å². The molecule has 0 atom stereocenters. The number of nitrogens with zero attached hydrogens (tertiary/aromatic N) is 2. The van der Waals surface area contributed by atoms with Crippen LogP contribution in [0.4, 0.5) is 5.69 Å². The van der Waals surface area contributed by atoms with Crippen LogP contribution in [0.15, 0.2) is 24.3 Å². The van der Waals surface area contributed by atoms with Gasteiger partial charge in [-0.1, -0.05) is 6.07 Å². The van der Waals surface area contributed by atoms with Crippen molar-refractivity contribution in [2.45, 2.75) is 25.7 Å². The molecule has 1 saturated heterocycles. The van der Waals surface area contributed by atoms with Crippen molar-refractivity contribution < 1.29 is 19.1 Å². The van der Waals surface area contributed by atoms with Crippen molar-refractivity contribution in [3.05, 3.63) is 29.8 Å². The molecule has 0 aliphatic carbocycles. The predicted octanol–water partition coefficient (Wildman–Crippen LogP) is 1.84. The average Bonchev–Trinajstić information content (AvgIpc) is 3.00. The molecule has 1 aliphatic rings. The first kappa shape index (κ1) is 17.0. The SMILES string of the molecule is COC(=O)CCCN(C)C(=O)c1cccc(N2CCCC2=O)c1. The zero-order valence-electron chi connectivity index (χ0n) is 13.6. The third-order valence-corrected chi connectivity index (χ3v) is 3.93. The fourth-order valence-electron chi connectivity index (χ4n) is 2.61. The molecule has 6 nitrogen and oxygen atoms in total. The Labute approximate surface area is 136 Å². The van der Waals surface area contributed by atoms with Crippen molar-refractivity contribution >= 4 is 23.5 Å². The summed E-state index contributed by atoms with van der Waals surface area (Å²) in [7, 11) is 3.05. The molecule has 0 radical (unpaired) electrons. The summed E-state index contributed by atoms with van der Waals surface area (Å²) >= 11 is 0. The lowest BCUT2D eigenvalue weighted by Crippen LogP contribution is -2.29. The van der Waals surface area contributed by atoms with Crippen molar-refractivity contribution in [1.82, 2.24) is 4.90 Å². The molecule has 0 spiro atoms. The number of ether oxygens (including phenoxy) is 1. The number of hydrogen-bond acceptors (Lipinski definition) is 4. The quantitative estimate of drug-likeness (QED) is 0.751. The maximum absolute atomic E-state index is 12.4. The smallest absolute Gasteiger partial charge is 0.305 e. The van der Waals surface area contributed by atoms with Gasteiger partial charge < -0.3 is 14.5 Å². The van der Waals surface area contributed by atoms with E-state index in [0.29, 0.717) is 31.5 Å². The van der Waals surface area contributed by atoms with E-state index in [1.54, 1.807) is 35.0 Å². The summed E-state index contributed by atoms with van der Waals surface area (Å²) in [6.45, 7) is 1.17. The molecule has 1 aliphatic heterocycles. The number of rotatable bonds is 6. The van der Waals surface area contributed by atoms with Crippen LogP contribution >= 0.6 is 0 Å². The van der Waals surface area contributed by atoms with Gasteiger partial charge in [0.15, 0.2) is 0 Å². The van der Waals surface area contributed by atoms with E-state index in [0.717, 1.165) is 12.1 Å². The van der Waals surface area contributed by atoms with Gasteiger partial charge in [0, 0.05) is 44.2 Å². The van der Waals surface area contributed by atoms with Crippen LogP contribution in [0.5, 0.6) is 0 Å². The van der Waals surface area contributed by atoms with Crippen molar-refractivity contribution in [3.63, 3.8) is 0 Å². The Morgan fingerprint density at radius 3 is 2.78 bits per heavy atom. The lowest BCUT2D eigenvalue weighted by Gasteiger charge is -2.19. The lowest BCUT2D eigenvalue weighted by molar-refractivity contribution is -0.140. The fraction of sp³-hybridized carbons (Fsp3) is 0.471. The monoisotopic (exact) mass is 318 g/mol. The highest BCUT2D eigenvalue weighted by atomic mass is 16.5. The number of hydrogen-bond donors (Lipinski definition) is 0. The van der Waals surface area contributed by atoms with E-state index >= 15 is 0 Å². The summed E-state index contributed by atoms with van der Waals surface area (Å²) in [5.74, 6) is -0.301. The Morgan fingerprint density at radius 1 is 1.35 bits per heavy atom. The number of benzene rings is 1. The van der Waals surface area contributed by atoms with Crippen LogP contribution < -0.4 is 4.90 Å². The summed E-state index contributed by atoms with van der Waals surface area (Å²) in [5, 5.41) is 0. The van der Waals surface area contributed by atoms with E-state index in [1.165, 1.54) is 7.11 Å². The molecule has 1 fully saturated rings. The third kappa shape index (κ3) is 4.31. The summed E-state index contributed by atoms with van der Waals surface area (Å²) in [6, 6.07) is 7.12. The van der Waals surface area contributed by atoms with Crippen LogP contribution in [0.1, 0.15) is 36.0 Å². The molecule has 1 aromatic rings. The molecule has 0 unspecified atom stereocenters. The van der Waals surface area contributed by atoms with Gasteiger partial charge in [0.2, 0.25) is 5.91 Å². The minimum absolute atomic E-state index is 0.0982. The Kier molecular flexibility index (Phi) is 5.73. The maximum atomic E-state index is 12.4. The molecular weight excluding hydrogens is 296 g/mol. The van der Waals surface area contributed by atoms with Gasteiger partial charge in [-0.05, 0) is 31.0 Å². The number of carbonyl (C=O) groups is 3. The molecule has 0 bridgehead atoms. The maximum Gasteiger partial charge on any atom is 0.305 e. The average molecular weight is 318 g/mol. The molecule has 0 saturated carbocycles. The second-order valence-corrected chi connectivity index (χ2v) is 5.61. The van der Waals surface area contributed by atoms with E-state index in [-0.39, 0.29) is 24.2 Å². The molecule has 1 heterocycles. The van der Waals surface area contributed by atoms with Gasteiger partial charge in [-0.25, -0.2) is 0 Å². The van der Waals surface area contributed by atoms with E-state index in [2.05, 4.69) is 4.74 Å². The normalized spacial score (nSPS) is 14.0. The van der Waals surface area contributed by atoms with Gasteiger partial charge in [0.05, 0.1) is 7.11 Å². The first-order chi connectivity index (χ1) is 11.0. The van der Waals surface area contributed by atoms with Crippen LogP contribution in [0.3, 0.4) is 0 Å². The Morgan fingerprint density at radius 2 is 2.13 bits per heavy atom. The van der Waals surface area contributed by atoms with Crippen LogP contribution in [-0.2, 0) is 14.3 Å².